The number of aromatic hydroxyl groups is 1. The predicted octanol–water partition coefficient (Wildman–Crippen LogP) is 2.16. The third kappa shape index (κ3) is 4.06. The number of rotatable bonds is 7. The minimum Gasteiger partial charge on any atom is -0.508 e. The minimum atomic E-state index is -0.623. The molecule has 0 saturated carbocycles. The normalized spacial score (nSPS) is 12.8. The molecular weight excluding hydrogens is 266 g/mol. The van der Waals surface area contributed by atoms with Crippen LogP contribution in [-0.2, 0) is 13.1 Å². The number of hydrogen-bond donors (Lipinski definition) is 2. The van der Waals surface area contributed by atoms with Crippen molar-refractivity contribution in [2.45, 2.75) is 33.0 Å². The molecule has 0 aliphatic carbocycles. The lowest BCUT2D eigenvalue weighted by Crippen LogP contribution is -2.29. The summed E-state index contributed by atoms with van der Waals surface area (Å²) >= 11 is 0. The first-order valence-corrected chi connectivity index (χ1v) is 7.33. The molecule has 0 bridgehead atoms. The maximum Gasteiger partial charge on any atom is 0.122 e. The number of aliphatic hydroxyl groups is 1. The summed E-state index contributed by atoms with van der Waals surface area (Å²) in [6.45, 7) is 7.08. The molecule has 0 spiro atoms. The van der Waals surface area contributed by atoms with E-state index in [9.17, 15) is 10.2 Å². The van der Waals surface area contributed by atoms with Crippen molar-refractivity contribution in [1.29, 1.82) is 0 Å². The second-order valence-corrected chi connectivity index (χ2v) is 5.07. The summed E-state index contributed by atoms with van der Waals surface area (Å²) in [5.41, 5.74) is 0.729. The number of nitrogens with zero attached hydrogens (tertiary/aromatic N) is 3. The molecule has 2 rings (SSSR count). The Morgan fingerprint density at radius 1 is 1.33 bits per heavy atom. The number of aryl methyl sites for hydroxylation is 1. The number of aromatic nitrogens is 2. The molecular formula is C16H23N3O2. The van der Waals surface area contributed by atoms with Crippen molar-refractivity contribution in [3.05, 3.63) is 48.0 Å². The first kappa shape index (κ1) is 15.5. The van der Waals surface area contributed by atoms with Gasteiger partial charge in [0.2, 0.25) is 0 Å². The van der Waals surface area contributed by atoms with Crippen molar-refractivity contribution >= 4 is 0 Å². The molecule has 1 atom stereocenters. The van der Waals surface area contributed by atoms with Crippen molar-refractivity contribution in [3.8, 4) is 5.75 Å². The van der Waals surface area contributed by atoms with Crippen LogP contribution in [0.25, 0.3) is 0 Å². The van der Waals surface area contributed by atoms with Gasteiger partial charge in [0.15, 0.2) is 0 Å². The molecule has 114 valence electrons. The number of likely N-dealkylation sites (N-methyl/N-ethyl adjacent to an activating group) is 1. The van der Waals surface area contributed by atoms with E-state index in [1.165, 1.54) is 0 Å². The van der Waals surface area contributed by atoms with E-state index in [0.29, 0.717) is 13.1 Å². The van der Waals surface area contributed by atoms with Crippen LogP contribution in [0.5, 0.6) is 5.75 Å². The predicted molar refractivity (Wildman–Crippen MR) is 81.9 cm³/mol. The number of benzene rings is 1. The Labute approximate surface area is 125 Å². The quantitative estimate of drug-likeness (QED) is 0.820. The molecule has 0 unspecified atom stereocenters. The molecule has 2 N–H and O–H groups in total. The summed E-state index contributed by atoms with van der Waals surface area (Å²) in [7, 11) is 0. The summed E-state index contributed by atoms with van der Waals surface area (Å²) in [6.07, 6.45) is 3.15. The average molecular weight is 289 g/mol. The van der Waals surface area contributed by atoms with Crippen molar-refractivity contribution < 1.29 is 10.2 Å². The minimum absolute atomic E-state index is 0.177. The molecule has 0 amide bonds. The topological polar surface area (TPSA) is 61.5 Å². The first-order valence-electron chi connectivity index (χ1n) is 7.33. The molecule has 1 heterocycles. The number of hydrogen-bond acceptors (Lipinski definition) is 4. The number of imidazole rings is 1. The lowest BCUT2D eigenvalue weighted by molar-refractivity contribution is 0.110. The first-order chi connectivity index (χ1) is 10.1. The smallest absolute Gasteiger partial charge is 0.122 e. The molecule has 0 saturated heterocycles. The van der Waals surface area contributed by atoms with E-state index in [-0.39, 0.29) is 5.75 Å². The van der Waals surface area contributed by atoms with E-state index in [1.807, 2.05) is 12.3 Å². The van der Waals surface area contributed by atoms with Gasteiger partial charge >= 0.3 is 0 Å². The molecule has 0 radical (unpaired) electrons. The van der Waals surface area contributed by atoms with Gasteiger partial charge in [-0.1, -0.05) is 19.1 Å². The fourth-order valence-corrected chi connectivity index (χ4v) is 2.37. The Hall–Kier alpha value is -1.85. The number of phenols is 1. The van der Waals surface area contributed by atoms with Gasteiger partial charge < -0.3 is 14.8 Å². The maximum absolute atomic E-state index is 10.3. The van der Waals surface area contributed by atoms with Crippen LogP contribution in [0.1, 0.15) is 31.3 Å². The molecule has 5 heteroatoms. The molecule has 1 aromatic heterocycles. The fraction of sp³-hybridized carbons (Fsp3) is 0.438. The van der Waals surface area contributed by atoms with Crippen molar-refractivity contribution in [1.82, 2.24) is 14.5 Å². The van der Waals surface area contributed by atoms with E-state index in [1.54, 1.807) is 24.4 Å². The van der Waals surface area contributed by atoms with Crippen LogP contribution in [0.3, 0.4) is 0 Å². The van der Waals surface area contributed by atoms with Gasteiger partial charge in [0.25, 0.3) is 0 Å². The molecule has 5 nitrogen and oxygen atoms in total. The molecule has 21 heavy (non-hydrogen) atoms. The fourth-order valence-electron chi connectivity index (χ4n) is 2.37. The maximum atomic E-state index is 10.3. The Morgan fingerprint density at radius 3 is 2.81 bits per heavy atom. The van der Waals surface area contributed by atoms with E-state index in [0.717, 1.165) is 24.5 Å². The highest BCUT2D eigenvalue weighted by atomic mass is 16.3. The van der Waals surface area contributed by atoms with Gasteiger partial charge in [0, 0.05) is 25.5 Å². The summed E-state index contributed by atoms with van der Waals surface area (Å²) in [5.74, 6) is 1.18. The van der Waals surface area contributed by atoms with Crippen LogP contribution in [-0.4, -0.2) is 37.8 Å². The zero-order valence-electron chi connectivity index (χ0n) is 12.6. The second kappa shape index (κ2) is 7.24. The van der Waals surface area contributed by atoms with Crippen LogP contribution in [0.4, 0.5) is 0 Å². The van der Waals surface area contributed by atoms with Gasteiger partial charge in [0.05, 0.1) is 12.6 Å². The van der Waals surface area contributed by atoms with E-state index in [4.69, 9.17) is 0 Å². The lowest BCUT2D eigenvalue weighted by Gasteiger charge is -2.23. The number of phenolic OH excluding ortho intramolecular Hbond substituents is 1. The zero-order chi connectivity index (χ0) is 15.2. The van der Waals surface area contributed by atoms with Gasteiger partial charge in [-0.3, -0.25) is 4.90 Å². The van der Waals surface area contributed by atoms with Crippen LogP contribution in [0.2, 0.25) is 0 Å². The Kier molecular flexibility index (Phi) is 5.36. The van der Waals surface area contributed by atoms with E-state index in [2.05, 4.69) is 28.3 Å². The Morgan fingerprint density at radius 2 is 2.14 bits per heavy atom. The van der Waals surface area contributed by atoms with Crippen molar-refractivity contribution in [2.24, 2.45) is 0 Å². The van der Waals surface area contributed by atoms with Crippen LogP contribution < -0.4 is 0 Å². The summed E-state index contributed by atoms with van der Waals surface area (Å²) in [4.78, 5) is 6.51. The molecule has 0 aliphatic heterocycles. The summed E-state index contributed by atoms with van der Waals surface area (Å²) in [5, 5.41) is 19.8. The lowest BCUT2D eigenvalue weighted by atomic mass is 10.1. The third-order valence-corrected chi connectivity index (χ3v) is 3.64. The van der Waals surface area contributed by atoms with Gasteiger partial charge in [0.1, 0.15) is 11.6 Å². The summed E-state index contributed by atoms with van der Waals surface area (Å²) < 4.78 is 2.10. The van der Waals surface area contributed by atoms with Crippen LogP contribution in [0.15, 0.2) is 36.7 Å². The largest absolute Gasteiger partial charge is 0.508 e. The average Bonchev–Trinajstić information content (AvgIpc) is 2.93. The molecule has 0 fully saturated rings. The molecule has 0 aliphatic rings. The van der Waals surface area contributed by atoms with Crippen LogP contribution in [0, 0.1) is 0 Å². The van der Waals surface area contributed by atoms with Gasteiger partial charge in [-0.25, -0.2) is 4.98 Å². The standard InChI is InChI=1S/C16H23N3O2/c1-3-18(12-16-17-8-9-19(16)4-2)11-15(21)13-6-5-7-14(20)10-13/h5-10,15,20-21H,3-4,11-12H2,1-2H3/t15-/m1/s1. The van der Waals surface area contributed by atoms with Crippen molar-refractivity contribution in [2.75, 3.05) is 13.1 Å². The van der Waals surface area contributed by atoms with Gasteiger partial charge in [-0.05, 0) is 31.2 Å². The van der Waals surface area contributed by atoms with E-state index < -0.39 is 6.10 Å². The highest BCUT2D eigenvalue weighted by Crippen LogP contribution is 2.19. The molecule has 2 aromatic rings. The van der Waals surface area contributed by atoms with Gasteiger partial charge in [-0.15, -0.1) is 0 Å². The Balaban J connectivity index is 2.02. The van der Waals surface area contributed by atoms with Gasteiger partial charge in [-0.2, -0.15) is 0 Å². The monoisotopic (exact) mass is 289 g/mol. The SMILES string of the molecule is CCN(Cc1nccn1CC)C[C@@H](O)c1cccc(O)c1. The number of aliphatic hydroxyl groups excluding tert-OH is 1. The highest BCUT2D eigenvalue weighted by Gasteiger charge is 2.15. The third-order valence-electron chi connectivity index (χ3n) is 3.64. The highest BCUT2D eigenvalue weighted by molar-refractivity contribution is 5.28. The van der Waals surface area contributed by atoms with E-state index >= 15 is 0 Å². The zero-order valence-corrected chi connectivity index (χ0v) is 12.6. The molecule has 1 aromatic carbocycles. The Bertz CT molecular complexity index is 568. The summed E-state index contributed by atoms with van der Waals surface area (Å²) in [6, 6.07) is 6.77. The van der Waals surface area contributed by atoms with Crippen molar-refractivity contribution in [3.63, 3.8) is 0 Å². The second-order valence-electron chi connectivity index (χ2n) is 5.07. The van der Waals surface area contributed by atoms with Crippen LogP contribution >= 0.6 is 0 Å².